The SMILES string of the molecule is CCCCNC(=O)c1ccc(Nc2nccc(-c3ccc(OC4CCOCC4)c(C#N)c3)n2)nc1OC. The predicted molar refractivity (Wildman–Crippen MR) is 138 cm³/mol. The van der Waals surface area contributed by atoms with Gasteiger partial charge in [-0.3, -0.25) is 4.79 Å². The van der Waals surface area contributed by atoms with Gasteiger partial charge in [-0.05, 0) is 42.8 Å². The first-order valence-electron chi connectivity index (χ1n) is 12.3. The zero-order valence-corrected chi connectivity index (χ0v) is 21.0. The molecule has 0 unspecified atom stereocenters. The number of nitriles is 1. The van der Waals surface area contributed by atoms with Gasteiger partial charge in [0.15, 0.2) is 0 Å². The Morgan fingerprint density at radius 1 is 1.19 bits per heavy atom. The Kier molecular flexibility index (Phi) is 8.84. The van der Waals surface area contributed by atoms with Gasteiger partial charge in [-0.15, -0.1) is 0 Å². The Morgan fingerprint density at radius 2 is 2.03 bits per heavy atom. The second-order valence-electron chi connectivity index (χ2n) is 8.51. The van der Waals surface area contributed by atoms with Crippen molar-refractivity contribution in [2.75, 3.05) is 32.2 Å². The first kappa shape index (κ1) is 25.9. The number of ether oxygens (including phenoxy) is 3. The second-order valence-corrected chi connectivity index (χ2v) is 8.51. The van der Waals surface area contributed by atoms with E-state index in [1.165, 1.54) is 7.11 Å². The standard InChI is InChI=1S/C27H30N6O4/c1-3-4-12-29-25(34)21-6-8-24(32-26(21)35-2)33-27-30-13-9-22(31-27)18-5-7-23(19(16-18)17-28)37-20-10-14-36-15-11-20/h5-9,13,16,20H,3-4,10-12,14-15H2,1-2H3,(H,29,34)(H,30,31,32,33). The van der Waals surface area contributed by atoms with Gasteiger partial charge in [0, 0.05) is 31.1 Å². The molecule has 1 aliphatic rings. The average molecular weight is 503 g/mol. The number of anilines is 2. The number of nitrogens with one attached hydrogen (secondary N) is 2. The van der Waals surface area contributed by atoms with Crippen LogP contribution in [0.25, 0.3) is 11.3 Å². The maximum atomic E-state index is 12.4. The lowest BCUT2D eigenvalue weighted by Crippen LogP contribution is -2.26. The van der Waals surface area contributed by atoms with Gasteiger partial charge in [0.05, 0.1) is 31.6 Å². The summed E-state index contributed by atoms with van der Waals surface area (Å²) in [7, 11) is 1.47. The summed E-state index contributed by atoms with van der Waals surface area (Å²) in [5, 5.41) is 15.6. The van der Waals surface area contributed by atoms with E-state index < -0.39 is 0 Å². The number of pyridine rings is 1. The van der Waals surface area contributed by atoms with Gasteiger partial charge in [0.1, 0.15) is 29.3 Å². The molecule has 1 saturated heterocycles. The van der Waals surface area contributed by atoms with Gasteiger partial charge in [0.2, 0.25) is 11.8 Å². The van der Waals surface area contributed by atoms with Crippen LogP contribution < -0.4 is 20.1 Å². The van der Waals surface area contributed by atoms with Crippen LogP contribution in [0.5, 0.6) is 11.6 Å². The van der Waals surface area contributed by atoms with E-state index in [-0.39, 0.29) is 17.9 Å². The van der Waals surface area contributed by atoms with Crippen LogP contribution in [0.2, 0.25) is 0 Å². The molecule has 1 amide bonds. The number of aromatic nitrogens is 3. The van der Waals surface area contributed by atoms with Gasteiger partial charge in [-0.1, -0.05) is 13.3 Å². The minimum Gasteiger partial charge on any atom is -0.489 e. The lowest BCUT2D eigenvalue weighted by Gasteiger charge is -2.23. The number of carbonyl (C=O) groups excluding carboxylic acids is 1. The van der Waals surface area contributed by atoms with Crippen molar-refractivity contribution in [1.29, 1.82) is 5.26 Å². The molecule has 1 fully saturated rings. The van der Waals surface area contributed by atoms with Crippen LogP contribution in [0.3, 0.4) is 0 Å². The van der Waals surface area contributed by atoms with Crippen molar-refractivity contribution in [3.8, 4) is 29.0 Å². The third kappa shape index (κ3) is 6.71. The van der Waals surface area contributed by atoms with Crippen LogP contribution in [0.15, 0.2) is 42.6 Å². The highest BCUT2D eigenvalue weighted by molar-refractivity contribution is 5.96. The van der Waals surface area contributed by atoms with E-state index >= 15 is 0 Å². The second kappa shape index (κ2) is 12.6. The summed E-state index contributed by atoms with van der Waals surface area (Å²) in [6.45, 7) is 3.98. The van der Waals surface area contributed by atoms with E-state index in [4.69, 9.17) is 14.2 Å². The summed E-state index contributed by atoms with van der Waals surface area (Å²) < 4.78 is 16.8. The largest absolute Gasteiger partial charge is 0.489 e. The van der Waals surface area contributed by atoms with E-state index in [9.17, 15) is 10.1 Å². The molecule has 1 aromatic carbocycles. The number of unbranched alkanes of at least 4 members (excludes halogenated alkanes) is 1. The highest BCUT2D eigenvalue weighted by atomic mass is 16.5. The number of rotatable bonds is 10. The number of benzene rings is 1. The van der Waals surface area contributed by atoms with Crippen molar-refractivity contribution < 1.29 is 19.0 Å². The Labute approximate surface area is 216 Å². The lowest BCUT2D eigenvalue weighted by molar-refractivity contribution is 0.0254. The minimum absolute atomic E-state index is 0.0415. The number of hydrogen-bond donors (Lipinski definition) is 2. The number of carbonyl (C=O) groups is 1. The highest BCUT2D eigenvalue weighted by Crippen LogP contribution is 2.28. The predicted octanol–water partition coefficient (Wildman–Crippen LogP) is 4.25. The quantitative estimate of drug-likeness (QED) is 0.391. The molecule has 10 nitrogen and oxygen atoms in total. The van der Waals surface area contributed by atoms with Crippen molar-refractivity contribution in [2.24, 2.45) is 0 Å². The summed E-state index contributed by atoms with van der Waals surface area (Å²) in [6.07, 6.45) is 5.16. The third-order valence-corrected chi connectivity index (χ3v) is 5.87. The smallest absolute Gasteiger partial charge is 0.256 e. The summed E-state index contributed by atoms with van der Waals surface area (Å²) in [6, 6.07) is 12.7. The average Bonchev–Trinajstić information content (AvgIpc) is 2.94. The molecule has 2 aromatic heterocycles. The Balaban J connectivity index is 1.49. The number of amides is 1. The van der Waals surface area contributed by atoms with Crippen LogP contribution in [0, 0.1) is 11.3 Å². The molecule has 4 rings (SSSR count). The Bertz CT molecular complexity index is 1270. The molecule has 1 aliphatic heterocycles. The summed E-state index contributed by atoms with van der Waals surface area (Å²) >= 11 is 0. The minimum atomic E-state index is -0.236. The topological polar surface area (TPSA) is 131 Å². The van der Waals surface area contributed by atoms with E-state index in [0.29, 0.717) is 54.1 Å². The van der Waals surface area contributed by atoms with Crippen LogP contribution in [0.1, 0.15) is 48.5 Å². The van der Waals surface area contributed by atoms with Crippen LogP contribution >= 0.6 is 0 Å². The maximum absolute atomic E-state index is 12.4. The summed E-state index contributed by atoms with van der Waals surface area (Å²) in [5.74, 6) is 1.26. The molecule has 192 valence electrons. The monoisotopic (exact) mass is 502 g/mol. The van der Waals surface area contributed by atoms with Gasteiger partial charge >= 0.3 is 0 Å². The lowest BCUT2D eigenvalue weighted by atomic mass is 10.1. The van der Waals surface area contributed by atoms with Crippen molar-refractivity contribution in [3.05, 3.63) is 53.7 Å². The van der Waals surface area contributed by atoms with Gasteiger partial charge in [-0.2, -0.15) is 10.2 Å². The van der Waals surface area contributed by atoms with Gasteiger partial charge in [-0.25, -0.2) is 9.97 Å². The molecule has 0 bridgehead atoms. The number of nitrogens with zero attached hydrogens (tertiary/aromatic N) is 4. The van der Waals surface area contributed by atoms with Crippen molar-refractivity contribution >= 4 is 17.7 Å². The van der Waals surface area contributed by atoms with E-state index in [1.807, 2.05) is 6.07 Å². The maximum Gasteiger partial charge on any atom is 0.256 e. The molecule has 0 saturated carbocycles. The molecule has 2 N–H and O–H groups in total. The fourth-order valence-electron chi connectivity index (χ4n) is 3.86. The molecular formula is C27H30N6O4. The third-order valence-electron chi connectivity index (χ3n) is 5.87. The van der Waals surface area contributed by atoms with E-state index in [0.717, 1.165) is 31.2 Å². The molecule has 0 aliphatic carbocycles. The zero-order chi connectivity index (χ0) is 26.0. The number of hydrogen-bond acceptors (Lipinski definition) is 9. The Morgan fingerprint density at radius 3 is 2.78 bits per heavy atom. The van der Waals surface area contributed by atoms with Crippen LogP contribution in [-0.4, -0.2) is 53.8 Å². The first-order chi connectivity index (χ1) is 18.1. The van der Waals surface area contributed by atoms with Crippen LogP contribution in [0.4, 0.5) is 11.8 Å². The van der Waals surface area contributed by atoms with Crippen molar-refractivity contribution in [3.63, 3.8) is 0 Å². The van der Waals surface area contributed by atoms with E-state index in [1.54, 1.807) is 36.5 Å². The zero-order valence-electron chi connectivity index (χ0n) is 21.0. The molecule has 37 heavy (non-hydrogen) atoms. The van der Waals surface area contributed by atoms with Crippen LogP contribution in [-0.2, 0) is 4.74 Å². The fourth-order valence-corrected chi connectivity index (χ4v) is 3.86. The molecule has 3 aromatic rings. The summed E-state index contributed by atoms with van der Waals surface area (Å²) in [4.78, 5) is 25.7. The van der Waals surface area contributed by atoms with Gasteiger partial charge < -0.3 is 24.8 Å². The Hall–Kier alpha value is -4.23. The van der Waals surface area contributed by atoms with Crippen molar-refractivity contribution in [2.45, 2.75) is 38.7 Å². The first-order valence-corrected chi connectivity index (χ1v) is 12.3. The molecule has 10 heteroatoms. The fraction of sp³-hybridized carbons (Fsp3) is 0.370. The number of methoxy groups -OCH3 is 1. The molecular weight excluding hydrogens is 472 g/mol. The molecule has 0 spiro atoms. The molecule has 3 heterocycles. The highest BCUT2D eigenvalue weighted by Gasteiger charge is 2.18. The molecule has 0 radical (unpaired) electrons. The normalized spacial score (nSPS) is 13.4. The van der Waals surface area contributed by atoms with E-state index in [2.05, 4.69) is 38.6 Å². The summed E-state index contributed by atoms with van der Waals surface area (Å²) in [5.41, 5.74) is 2.18. The molecule has 0 atom stereocenters. The van der Waals surface area contributed by atoms with Gasteiger partial charge in [0.25, 0.3) is 5.91 Å². The van der Waals surface area contributed by atoms with Crippen molar-refractivity contribution in [1.82, 2.24) is 20.3 Å².